The molecule has 0 aliphatic heterocycles. The van der Waals surface area contributed by atoms with E-state index >= 15 is 0 Å². The monoisotopic (exact) mass is 343 g/mol. The van der Waals surface area contributed by atoms with Crippen molar-refractivity contribution in [2.24, 2.45) is 10.9 Å². The van der Waals surface area contributed by atoms with Gasteiger partial charge in [-0.2, -0.15) is 0 Å². The molecule has 0 atom stereocenters. The minimum absolute atomic E-state index is 0.0113. The highest BCUT2D eigenvalue weighted by atomic mass is 35.5. The number of rotatable bonds is 4. The first kappa shape index (κ1) is 15.8. The summed E-state index contributed by atoms with van der Waals surface area (Å²) in [5, 5.41) is 16.4. The number of halogens is 3. The van der Waals surface area contributed by atoms with Crippen LogP contribution >= 0.6 is 34.8 Å². The first-order valence-electron chi connectivity index (χ1n) is 5.96. The van der Waals surface area contributed by atoms with E-state index in [1.54, 1.807) is 36.4 Å². The summed E-state index contributed by atoms with van der Waals surface area (Å²) in [6.45, 7) is 0.483. The Labute approximate surface area is 137 Å². The summed E-state index contributed by atoms with van der Waals surface area (Å²) >= 11 is 18.1. The van der Waals surface area contributed by atoms with Crippen molar-refractivity contribution in [2.45, 2.75) is 6.54 Å². The Morgan fingerprint density at radius 3 is 2.48 bits per heavy atom. The molecule has 0 unspecified atom stereocenters. The molecule has 0 saturated carbocycles. The van der Waals surface area contributed by atoms with Crippen LogP contribution in [0, 0.1) is 0 Å². The highest BCUT2D eigenvalue weighted by molar-refractivity contribution is 6.36. The summed E-state index contributed by atoms with van der Waals surface area (Å²) in [5.41, 5.74) is 7.68. The Kier molecular flexibility index (Phi) is 5.17. The average molecular weight is 345 g/mol. The molecule has 4 N–H and O–H groups in total. The van der Waals surface area contributed by atoms with Crippen molar-refractivity contribution in [1.29, 1.82) is 0 Å². The third-order valence-corrected chi connectivity index (χ3v) is 3.76. The maximum atomic E-state index is 8.64. The largest absolute Gasteiger partial charge is 0.409 e. The van der Waals surface area contributed by atoms with Crippen LogP contribution in [0.3, 0.4) is 0 Å². The van der Waals surface area contributed by atoms with Crippen molar-refractivity contribution in [3.8, 4) is 0 Å². The Morgan fingerprint density at radius 2 is 1.86 bits per heavy atom. The summed E-state index contributed by atoms with van der Waals surface area (Å²) in [5.74, 6) is 0.0113. The van der Waals surface area contributed by atoms with Crippen LogP contribution in [0.15, 0.2) is 41.6 Å². The molecule has 2 aromatic rings. The van der Waals surface area contributed by atoms with Gasteiger partial charge in [0.05, 0.1) is 10.7 Å². The summed E-state index contributed by atoms with van der Waals surface area (Å²) < 4.78 is 0. The second kappa shape index (κ2) is 6.89. The molecule has 21 heavy (non-hydrogen) atoms. The van der Waals surface area contributed by atoms with Crippen molar-refractivity contribution in [3.63, 3.8) is 0 Å². The normalized spacial score (nSPS) is 11.5. The van der Waals surface area contributed by atoms with E-state index < -0.39 is 0 Å². The van der Waals surface area contributed by atoms with Gasteiger partial charge in [0.15, 0.2) is 5.84 Å². The topological polar surface area (TPSA) is 70.6 Å². The summed E-state index contributed by atoms with van der Waals surface area (Å²) in [7, 11) is 0. The zero-order valence-electron chi connectivity index (χ0n) is 10.8. The lowest BCUT2D eigenvalue weighted by molar-refractivity contribution is 0.318. The van der Waals surface area contributed by atoms with Gasteiger partial charge < -0.3 is 16.3 Å². The van der Waals surface area contributed by atoms with Crippen LogP contribution in [-0.2, 0) is 6.54 Å². The third kappa shape index (κ3) is 3.94. The lowest BCUT2D eigenvalue weighted by Gasteiger charge is -2.11. The van der Waals surface area contributed by atoms with Crippen molar-refractivity contribution >= 4 is 46.3 Å². The molecule has 0 aliphatic rings. The number of nitrogens with one attached hydrogen (secondary N) is 1. The van der Waals surface area contributed by atoms with E-state index in [0.717, 1.165) is 11.3 Å². The quantitative estimate of drug-likeness (QED) is 0.334. The van der Waals surface area contributed by atoms with E-state index in [1.807, 2.05) is 0 Å². The fourth-order valence-electron chi connectivity index (χ4n) is 1.73. The molecule has 0 aromatic heterocycles. The van der Waals surface area contributed by atoms with Gasteiger partial charge in [-0.15, -0.1) is 0 Å². The Hall–Kier alpha value is -1.62. The standard InChI is InChI=1S/C14H12Cl3N3O/c15-10-3-4-13(12(17)6-10)19-7-9-2-1-8(5-11(9)16)14(18)20-21/h1-6,19,21H,7H2,(H2,18,20). The van der Waals surface area contributed by atoms with Gasteiger partial charge in [0.25, 0.3) is 0 Å². The van der Waals surface area contributed by atoms with Crippen molar-refractivity contribution in [3.05, 3.63) is 62.6 Å². The molecule has 2 aromatic carbocycles. The second-order valence-electron chi connectivity index (χ2n) is 4.27. The van der Waals surface area contributed by atoms with Crippen LogP contribution in [0.4, 0.5) is 5.69 Å². The number of benzene rings is 2. The molecule has 0 amide bonds. The molecule has 0 aliphatic carbocycles. The molecule has 0 radical (unpaired) electrons. The predicted molar refractivity (Wildman–Crippen MR) is 87.8 cm³/mol. The van der Waals surface area contributed by atoms with E-state index in [1.165, 1.54) is 0 Å². The van der Waals surface area contributed by atoms with Crippen molar-refractivity contribution in [2.75, 3.05) is 5.32 Å². The number of nitrogens with two attached hydrogens (primary N) is 1. The second-order valence-corrected chi connectivity index (χ2v) is 5.52. The van der Waals surface area contributed by atoms with E-state index in [0.29, 0.717) is 27.2 Å². The van der Waals surface area contributed by atoms with Crippen LogP contribution < -0.4 is 11.1 Å². The molecule has 0 saturated heterocycles. The number of hydrogen-bond donors (Lipinski definition) is 3. The van der Waals surface area contributed by atoms with Crippen LogP contribution in [0.2, 0.25) is 15.1 Å². The van der Waals surface area contributed by atoms with E-state index in [2.05, 4.69) is 10.5 Å². The lowest BCUT2D eigenvalue weighted by Crippen LogP contribution is -2.13. The number of hydrogen-bond acceptors (Lipinski definition) is 3. The molecular weight excluding hydrogens is 333 g/mol. The minimum atomic E-state index is 0.0113. The van der Waals surface area contributed by atoms with Crippen LogP contribution in [0.1, 0.15) is 11.1 Å². The number of amidine groups is 1. The molecule has 4 nitrogen and oxygen atoms in total. The molecular formula is C14H12Cl3N3O. The fraction of sp³-hybridized carbons (Fsp3) is 0.0714. The maximum Gasteiger partial charge on any atom is 0.170 e. The number of oxime groups is 1. The Morgan fingerprint density at radius 1 is 1.10 bits per heavy atom. The summed E-state index contributed by atoms with van der Waals surface area (Å²) in [6, 6.07) is 10.4. The number of nitrogens with zero attached hydrogens (tertiary/aromatic N) is 1. The van der Waals surface area contributed by atoms with Gasteiger partial charge in [0, 0.05) is 22.2 Å². The van der Waals surface area contributed by atoms with Gasteiger partial charge in [-0.05, 0) is 29.8 Å². The maximum absolute atomic E-state index is 8.64. The average Bonchev–Trinajstić information content (AvgIpc) is 2.46. The third-order valence-electron chi connectivity index (χ3n) is 2.86. The lowest BCUT2D eigenvalue weighted by atomic mass is 10.1. The molecule has 0 heterocycles. The number of anilines is 1. The van der Waals surface area contributed by atoms with E-state index in [4.69, 9.17) is 45.7 Å². The minimum Gasteiger partial charge on any atom is -0.409 e. The highest BCUT2D eigenvalue weighted by Gasteiger charge is 2.06. The van der Waals surface area contributed by atoms with Gasteiger partial charge in [-0.25, -0.2) is 0 Å². The van der Waals surface area contributed by atoms with Gasteiger partial charge >= 0.3 is 0 Å². The molecule has 0 bridgehead atoms. The van der Waals surface area contributed by atoms with Crippen LogP contribution in [-0.4, -0.2) is 11.0 Å². The highest BCUT2D eigenvalue weighted by Crippen LogP contribution is 2.26. The van der Waals surface area contributed by atoms with Crippen LogP contribution in [0.5, 0.6) is 0 Å². The predicted octanol–water partition coefficient (Wildman–Crippen LogP) is 4.35. The molecule has 0 spiro atoms. The van der Waals surface area contributed by atoms with Crippen molar-refractivity contribution in [1.82, 2.24) is 0 Å². The SMILES string of the molecule is N/C(=N/O)c1ccc(CNc2ccc(Cl)cc2Cl)c(Cl)c1. The molecule has 0 fully saturated rings. The summed E-state index contributed by atoms with van der Waals surface area (Å²) in [6.07, 6.45) is 0. The van der Waals surface area contributed by atoms with E-state index in [-0.39, 0.29) is 5.84 Å². The van der Waals surface area contributed by atoms with Crippen LogP contribution in [0.25, 0.3) is 0 Å². The zero-order valence-corrected chi connectivity index (χ0v) is 13.0. The smallest absolute Gasteiger partial charge is 0.170 e. The van der Waals surface area contributed by atoms with E-state index in [9.17, 15) is 0 Å². The summed E-state index contributed by atoms with van der Waals surface area (Å²) in [4.78, 5) is 0. The van der Waals surface area contributed by atoms with Gasteiger partial charge in [-0.3, -0.25) is 0 Å². The van der Waals surface area contributed by atoms with Gasteiger partial charge in [0.2, 0.25) is 0 Å². The molecule has 7 heteroatoms. The van der Waals surface area contributed by atoms with Crippen molar-refractivity contribution < 1.29 is 5.21 Å². The Balaban J connectivity index is 2.13. The molecule has 2 rings (SSSR count). The first-order valence-corrected chi connectivity index (χ1v) is 7.10. The fourth-order valence-corrected chi connectivity index (χ4v) is 2.45. The first-order chi connectivity index (χ1) is 10.0. The van der Waals surface area contributed by atoms with Gasteiger partial charge in [-0.1, -0.05) is 52.1 Å². The Bertz CT molecular complexity index is 689. The molecule has 110 valence electrons. The van der Waals surface area contributed by atoms with Gasteiger partial charge in [0.1, 0.15) is 0 Å². The zero-order chi connectivity index (χ0) is 15.4.